The minimum atomic E-state index is -0.999. The second kappa shape index (κ2) is 4.03. The van der Waals surface area contributed by atoms with Gasteiger partial charge in [0.1, 0.15) is 11.4 Å². The first kappa shape index (κ1) is 10.6. The molecular weight excluding hydrogens is 250 g/mol. The van der Waals surface area contributed by atoms with Gasteiger partial charge in [0.15, 0.2) is 5.82 Å². The predicted molar refractivity (Wildman–Crippen MR) is 60.3 cm³/mol. The quantitative estimate of drug-likeness (QED) is 0.622. The van der Waals surface area contributed by atoms with Crippen LogP contribution >= 0.6 is 11.6 Å². The van der Waals surface area contributed by atoms with Crippen molar-refractivity contribution in [2.45, 2.75) is 17.4 Å². The number of aryl methyl sites for hydroxylation is 1. The smallest absolute Gasteiger partial charge is 0.224 e. The van der Waals surface area contributed by atoms with Gasteiger partial charge in [-0.3, -0.25) is 0 Å². The normalized spacial score (nSPS) is 24.0. The predicted octanol–water partition coefficient (Wildman–Crippen LogP) is 0.604. The Bertz CT molecular complexity index is 427. The summed E-state index contributed by atoms with van der Waals surface area (Å²) >= 11 is 4.83. The Hall–Kier alpha value is -0.560. The molecule has 0 saturated carbocycles. The van der Waals surface area contributed by atoms with Crippen LogP contribution in [0.25, 0.3) is 0 Å². The van der Waals surface area contributed by atoms with E-state index in [2.05, 4.69) is 15.3 Å². The van der Waals surface area contributed by atoms with Crippen LogP contribution in [-0.4, -0.2) is 39.5 Å². The molecule has 1 atom stereocenters. The van der Waals surface area contributed by atoms with Gasteiger partial charge in [0, 0.05) is 6.42 Å². The van der Waals surface area contributed by atoms with Crippen LogP contribution < -0.4 is 5.32 Å². The largest absolute Gasteiger partial charge is 0.611 e. The summed E-state index contributed by atoms with van der Waals surface area (Å²) in [5.41, 5.74) is 0.807. The highest BCUT2D eigenvalue weighted by atomic mass is 35.5. The van der Waals surface area contributed by atoms with Crippen LogP contribution in [0.1, 0.15) is 5.69 Å². The monoisotopic (exact) mass is 259 g/mol. The summed E-state index contributed by atoms with van der Waals surface area (Å²) in [6.07, 6.45) is 0.708. The topological polar surface area (TPSA) is 70.1 Å². The van der Waals surface area contributed by atoms with E-state index >= 15 is 0 Å². The maximum Gasteiger partial charge on any atom is 0.224 e. The molecule has 0 aliphatic carbocycles. The van der Waals surface area contributed by atoms with Crippen LogP contribution in [0.5, 0.6) is 0 Å². The highest BCUT2D eigenvalue weighted by molar-refractivity contribution is 7.91. The molecule has 0 aromatic carbocycles. The van der Waals surface area contributed by atoms with E-state index in [1.54, 1.807) is 0 Å². The van der Waals surface area contributed by atoms with Crippen molar-refractivity contribution in [1.82, 2.24) is 9.97 Å². The molecule has 5 nitrogen and oxygen atoms in total. The average molecular weight is 260 g/mol. The summed E-state index contributed by atoms with van der Waals surface area (Å²) in [4.78, 5) is 8.94. The van der Waals surface area contributed by atoms with Crippen molar-refractivity contribution in [2.75, 3.05) is 24.3 Å². The van der Waals surface area contributed by atoms with Crippen LogP contribution in [0.4, 0.5) is 5.82 Å². The second-order valence-electron chi connectivity index (χ2n) is 3.80. The van der Waals surface area contributed by atoms with Crippen molar-refractivity contribution in [3.8, 4) is 0 Å². The lowest BCUT2D eigenvalue weighted by Crippen LogP contribution is -2.40. The standard InChI is InChI=1S/C9H10ClN3O2S/c10-9-12-6-1-2-16(14)7(6)8(13-9)11-5-3-15-4-5/h5H,1-4H2,(H,11,12,13). The van der Waals surface area contributed by atoms with E-state index in [1.165, 1.54) is 0 Å². The van der Waals surface area contributed by atoms with E-state index in [0.29, 0.717) is 31.2 Å². The summed E-state index contributed by atoms with van der Waals surface area (Å²) in [7, 11) is 0. The molecule has 3 heterocycles. The Balaban J connectivity index is 1.95. The van der Waals surface area contributed by atoms with Crippen molar-refractivity contribution in [3.63, 3.8) is 0 Å². The van der Waals surface area contributed by atoms with Crippen LogP contribution in [0.2, 0.25) is 5.28 Å². The highest BCUT2D eigenvalue weighted by Crippen LogP contribution is 2.31. The van der Waals surface area contributed by atoms with Gasteiger partial charge in [0.25, 0.3) is 0 Å². The zero-order valence-corrected chi connectivity index (χ0v) is 9.98. The molecule has 0 amide bonds. The fourth-order valence-corrected chi connectivity index (χ4v) is 3.28. The Morgan fingerprint density at radius 3 is 2.94 bits per heavy atom. The van der Waals surface area contributed by atoms with Crippen molar-refractivity contribution >= 4 is 28.6 Å². The van der Waals surface area contributed by atoms with E-state index in [4.69, 9.17) is 16.3 Å². The summed E-state index contributed by atoms with van der Waals surface area (Å²) in [6, 6.07) is 0.243. The van der Waals surface area contributed by atoms with Gasteiger partial charge >= 0.3 is 0 Å². The van der Waals surface area contributed by atoms with E-state index in [1.807, 2.05) is 0 Å². The second-order valence-corrected chi connectivity index (χ2v) is 5.64. The number of hydrogen-bond donors (Lipinski definition) is 1. The first-order chi connectivity index (χ1) is 7.74. The molecule has 1 aromatic heterocycles. The molecule has 16 heavy (non-hydrogen) atoms. The number of anilines is 1. The third-order valence-corrected chi connectivity index (χ3v) is 4.27. The molecule has 1 saturated heterocycles. The van der Waals surface area contributed by atoms with E-state index in [0.717, 1.165) is 10.6 Å². The lowest BCUT2D eigenvalue weighted by molar-refractivity contribution is 0.0208. The molecule has 2 aliphatic rings. The molecule has 1 N–H and O–H groups in total. The Morgan fingerprint density at radius 1 is 1.44 bits per heavy atom. The Labute approximate surface area is 101 Å². The van der Waals surface area contributed by atoms with Gasteiger partial charge in [-0.25, -0.2) is 4.98 Å². The molecule has 0 spiro atoms. The SMILES string of the molecule is [O-][S+]1CCc2nc(Cl)nc(NC3COC3)c21. The average Bonchev–Trinajstić information content (AvgIpc) is 2.53. The lowest BCUT2D eigenvalue weighted by atomic mass is 10.2. The molecule has 1 unspecified atom stereocenters. The molecule has 7 heteroatoms. The number of fused-ring (bicyclic) bond motifs is 1. The first-order valence-electron chi connectivity index (χ1n) is 5.03. The first-order valence-corrected chi connectivity index (χ1v) is 6.73. The van der Waals surface area contributed by atoms with E-state index in [-0.39, 0.29) is 11.3 Å². The molecule has 3 rings (SSSR count). The molecule has 86 valence electrons. The molecule has 1 fully saturated rings. The minimum Gasteiger partial charge on any atom is -0.611 e. The van der Waals surface area contributed by atoms with Gasteiger partial charge in [-0.05, 0) is 22.8 Å². The molecule has 2 aliphatic heterocycles. The fraction of sp³-hybridized carbons (Fsp3) is 0.556. The number of ether oxygens (including phenoxy) is 1. The van der Waals surface area contributed by atoms with Gasteiger partial charge in [0.05, 0.1) is 19.3 Å². The van der Waals surface area contributed by atoms with E-state index in [9.17, 15) is 4.55 Å². The number of rotatable bonds is 2. The number of nitrogens with zero attached hydrogens (tertiary/aromatic N) is 2. The van der Waals surface area contributed by atoms with Crippen LogP contribution in [0.15, 0.2) is 4.90 Å². The summed E-state index contributed by atoms with van der Waals surface area (Å²) in [6.45, 7) is 1.31. The molecule has 1 aromatic rings. The number of nitrogens with one attached hydrogen (secondary N) is 1. The van der Waals surface area contributed by atoms with Gasteiger partial charge < -0.3 is 14.6 Å². The summed E-state index contributed by atoms with van der Waals surface area (Å²) in [5.74, 6) is 1.22. The number of hydrogen-bond acceptors (Lipinski definition) is 5. The third-order valence-electron chi connectivity index (χ3n) is 2.64. The Kier molecular flexibility index (Phi) is 2.67. The van der Waals surface area contributed by atoms with Crippen LogP contribution in [-0.2, 0) is 22.3 Å². The molecule has 0 bridgehead atoms. The van der Waals surface area contributed by atoms with Crippen LogP contribution in [0, 0.1) is 0 Å². The van der Waals surface area contributed by atoms with Crippen molar-refractivity contribution < 1.29 is 9.29 Å². The highest BCUT2D eigenvalue weighted by Gasteiger charge is 2.33. The number of aromatic nitrogens is 2. The number of halogens is 1. The summed E-state index contributed by atoms with van der Waals surface area (Å²) < 4.78 is 16.9. The zero-order chi connectivity index (χ0) is 11.1. The van der Waals surface area contributed by atoms with Crippen LogP contribution in [0.3, 0.4) is 0 Å². The summed E-state index contributed by atoms with van der Waals surface area (Å²) in [5, 5.41) is 3.41. The van der Waals surface area contributed by atoms with Gasteiger partial charge in [-0.1, -0.05) is 0 Å². The van der Waals surface area contributed by atoms with Crippen molar-refractivity contribution in [1.29, 1.82) is 0 Å². The maximum absolute atomic E-state index is 11.8. The molecule has 0 radical (unpaired) electrons. The molecular formula is C9H10ClN3O2S. The third kappa shape index (κ3) is 1.75. The maximum atomic E-state index is 11.8. The lowest BCUT2D eigenvalue weighted by Gasteiger charge is -2.27. The fourth-order valence-electron chi connectivity index (χ4n) is 1.78. The van der Waals surface area contributed by atoms with Crippen molar-refractivity contribution in [3.05, 3.63) is 11.0 Å². The Morgan fingerprint density at radius 2 is 2.25 bits per heavy atom. The van der Waals surface area contributed by atoms with Crippen molar-refractivity contribution in [2.24, 2.45) is 0 Å². The van der Waals surface area contributed by atoms with E-state index < -0.39 is 11.2 Å². The van der Waals surface area contributed by atoms with Gasteiger partial charge in [-0.15, -0.1) is 0 Å². The minimum absolute atomic E-state index is 0.209. The zero-order valence-electron chi connectivity index (χ0n) is 8.40. The van der Waals surface area contributed by atoms with Gasteiger partial charge in [0.2, 0.25) is 10.2 Å². The van der Waals surface area contributed by atoms with Gasteiger partial charge in [-0.2, -0.15) is 4.98 Å².